The molecule has 0 fully saturated rings. The highest BCUT2D eigenvalue weighted by molar-refractivity contribution is 7.89. The quantitative estimate of drug-likeness (QED) is 0.446. The topological polar surface area (TPSA) is 85.7 Å². The van der Waals surface area contributed by atoms with Crippen LogP contribution in [0.4, 0.5) is 0 Å². The fourth-order valence-corrected chi connectivity index (χ4v) is 4.05. The molecule has 1 heterocycles. The number of Topliss-reactive ketones (excluding diaryl/α,β-unsaturated/α-hetero) is 1. The van der Waals surface area contributed by atoms with E-state index in [-0.39, 0.29) is 16.2 Å². The number of sulfonamides is 1. The zero-order chi connectivity index (χ0) is 22.6. The van der Waals surface area contributed by atoms with Gasteiger partial charge in [0.1, 0.15) is 0 Å². The van der Waals surface area contributed by atoms with Gasteiger partial charge in [-0.05, 0) is 50.5 Å². The molecule has 0 N–H and O–H groups in total. The highest BCUT2D eigenvalue weighted by Crippen LogP contribution is 2.19. The van der Waals surface area contributed by atoms with Crippen LogP contribution in [0.1, 0.15) is 52.4 Å². The van der Waals surface area contributed by atoms with Gasteiger partial charge >= 0.3 is 5.97 Å². The largest absolute Gasteiger partial charge is 0.454 e. The van der Waals surface area contributed by atoms with E-state index in [0.29, 0.717) is 11.5 Å². The first-order valence-electron chi connectivity index (χ1n) is 9.84. The lowest BCUT2D eigenvalue weighted by Crippen LogP contribution is -2.22. The van der Waals surface area contributed by atoms with Crippen LogP contribution in [-0.4, -0.2) is 49.7 Å². The smallest absolute Gasteiger partial charge is 0.338 e. The second kappa shape index (κ2) is 9.57. The van der Waals surface area contributed by atoms with Gasteiger partial charge in [0, 0.05) is 37.6 Å². The first-order chi connectivity index (χ1) is 13.9. The third kappa shape index (κ3) is 5.37. The molecule has 0 aliphatic heterocycles. The van der Waals surface area contributed by atoms with E-state index in [4.69, 9.17) is 4.74 Å². The molecule has 2 aromatic rings. The number of rotatable bonds is 9. The van der Waals surface area contributed by atoms with Crippen molar-refractivity contribution in [2.75, 3.05) is 20.7 Å². The highest BCUT2D eigenvalue weighted by Gasteiger charge is 2.21. The van der Waals surface area contributed by atoms with Crippen LogP contribution in [0.5, 0.6) is 0 Å². The molecule has 1 aromatic carbocycles. The number of esters is 1. The average molecular weight is 435 g/mol. The maximum absolute atomic E-state index is 12.6. The molecule has 0 saturated heterocycles. The molecule has 0 saturated carbocycles. The maximum Gasteiger partial charge on any atom is 0.338 e. The molecule has 2 rings (SSSR count). The van der Waals surface area contributed by atoms with Crippen LogP contribution in [-0.2, 0) is 21.3 Å². The van der Waals surface area contributed by atoms with Crippen molar-refractivity contribution in [3.8, 4) is 0 Å². The molecule has 8 heteroatoms. The Morgan fingerprint density at radius 3 is 2.40 bits per heavy atom. The summed E-state index contributed by atoms with van der Waals surface area (Å²) in [4.78, 5) is 25.0. The van der Waals surface area contributed by atoms with Crippen molar-refractivity contribution in [1.29, 1.82) is 0 Å². The third-order valence-electron chi connectivity index (χ3n) is 4.99. The Labute approximate surface area is 178 Å². The molecule has 30 heavy (non-hydrogen) atoms. The molecule has 0 aliphatic carbocycles. The molecular weight excluding hydrogens is 404 g/mol. The van der Waals surface area contributed by atoms with Gasteiger partial charge < -0.3 is 9.30 Å². The lowest BCUT2D eigenvalue weighted by atomic mass is 10.1. The van der Waals surface area contributed by atoms with Crippen molar-refractivity contribution in [2.45, 2.75) is 45.6 Å². The molecule has 0 amide bonds. The van der Waals surface area contributed by atoms with Crippen LogP contribution >= 0.6 is 0 Å². The van der Waals surface area contributed by atoms with Crippen molar-refractivity contribution in [1.82, 2.24) is 8.87 Å². The molecule has 1 aromatic heterocycles. The molecule has 0 spiro atoms. The van der Waals surface area contributed by atoms with Gasteiger partial charge in [0.15, 0.2) is 6.61 Å². The number of carbonyl (C=O) groups is 2. The number of aryl methyl sites for hydroxylation is 1. The van der Waals surface area contributed by atoms with Crippen LogP contribution < -0.4 is 0 Å². The predicted octanol–water partition coefficient (Wildman–Crippen LogP) is 3.44. The van der Waals surface area contributed by atoms with Crippen LogP contribution in [0, 0.1) is 19.8 Å². The van der Waals surface area contributed by atoms with E-state index in [2.05, 4.69) is 18.4 Å². The Balaban J connectivity index is 2.10. The summed E-state index contributed by atoms with van der Waals surface area (Å²) in [6.45, 7) is 8.56. The van der Waals surface area contributed by atoms with Gasteiger partial charge in [-0.25, -0.2) is 17.5 Å². The number of nitrogens with zero attached hydrogens (tertiary/aromatic N) is 2. The van der Waals surface area contributed by atoms with Crippen LogP contribution in [0.15, 0.2) is 35.2 Å². The SMILES string of the molecule is Cc1cc(C(=O)COC(=O)c2cccc(S(=O)(=O)N(C)C)c2)c(C)n1CCC(C)C. The van der Waals surface area contributed by atoms with Gasteiger partial charge in [0.25, 0.3) is 0 Å². The molecule has 0 bridgehead atoms. The minimum atomic E-state index is -3.67. The van der Waals surface area contributed by atoms with Crippen LogP contribution in [0.3, 0.4) is 0 Å². The standard InChI is InChI=1S/C22H30N2O5S/c1-15(2)10-11-24-16(3)12-20(17(24)4)21(25)14-29-22(26)18-8-7-9-19(13-18)30(27,28)23(5)6/h7-9,12-13,15H,10-11,14H2,1-6H3. The van der Waals surface area contributed by atoms with Crippen LogP contribution in [0.2, 0.25) is 0 Å². The third-order valence-corrected chi connectivity index (χ3v) is 6.80. The van der Waals surface area contributed by atoms with Gasteiger partial charge in [-0.3, -0.25) is 4.79 Å². The summed E-state index contributed by atoms with van der Waals surface area (Å²) in [6.07, 6.45) is 1.01. The zero-order valence-corrected chi connectivity index (χ0v) is 19.2. The Morgan fingerprint density at radius 2 is 1.80 bits per heavy atom. The van der Waals surface area contributed by atoms with Gasteiger partial charge in [0.05, 0.1) is 10.5 Å². The first kappa shape index (κ1) is 23.8. The van der Waals surface area contributed by atoms with Gasteiger partial charge in [-0.2, -0.15) is 0 Å². The van der Waals surface area contributed by atoms with E-state index in [0.717, 1.165) is 28.7 Å². The Kier molecular flexibility index (Phi) is 7.60. The first-order valence-corrected chi connectivity index (χ1v) is 11.3. The van der Waals surface area contributed by atoms with Crippen molar-refractivity contribution < 1.29 is 22.7 Å². The van der Waals surface area contributed by atoms with Gasteiger partial charge in [0.2, 0.25) is 15.8 Å². The second-order valence-corrected chi connectivity index (χ2v) is 10.1. The van der Waals surface area contributed by atoms with E-state index >= 15 is 0 Å². The maximum atomic E-state index is 12.6. The molecule has 0 atom stereocenters. The number of ketones is 1. The fourth-order valence-electron chi connectivity index (χ4n) is 3.10. The Bertz CT molecular complexity index is 1040. The van der Waals surface area contributed by atoms with E-state index in [1.165, 1.54) is 38.4 Å². The summed E-state index contributed by atoms with van der Waals surface area (Å²) in [5.41, 5.74) is 2.46. The fraction of sp³-hybridized carbons (Fsp3) is 0.455. The number of benzene rings is 1. The normalized spacial score (nSPS) is 11.9. The van der Waals surface area contributed by atoms with E-state index in [1.54, 1.807) is 0 Å². The molecule has 164 valence electrons. The molecule has 0 radical (unpaired) electrons. The Morgan fingerprint density at radius 1 is 1.13 bits per heavy atom. The summed E-state index contributed by atoms with van der Waals surface area (Å²) in [7, 11) is -0.844. The highest BCUT2D eigenvalue weighted by atomic mass is 32.2. The lowest BCUT2D eigenvalue weighted by molar-refractivity contribution is 0.0474. The summed E-state index contributed by atoms with van der Waals surface area (Å²) in [5.74, 6) is -0.476. The minimum Gasteiger partial charge on any atom is -0.454 e. The van der Waals surface area contributed by atoms with Crippen LogP contribution in [0.25, 0.3) is 0 Å². The molecular formula is C22H30N2O5S. The number of hydrogen-bond acceptors (Lipinski definition) is 5. The molecule has 0 unspecified atom stereocenters. The van der Waals surface area contributed by atoms with Gasteiger partial charge in [-0.1, -0.05) is 19.9 Å². The van der Waals surface area contributed by atoms with E-state index < -0.39 is 22.6 Å². The van der Waals surface area contributed by atoms with Crippen molar-refractivity contribution in [3.63, 3.8) is 0 Å². The van der Waals surface area contributed by atoms with Crippen molar-refractivity contribution in [2.24, 2.45) is 5.92 Å². The molecule has 7 nitrogen and oxygen atoms in total. The summed E-state index contributed by atoms with van der Waals surface area (Å²) < 4.78 is 32.8. The Hall–Kier alpha value is -2.45. The summed E-state index contributed by atoms with van der Waals surface area (Å²) >= 11 is 0. The number of hydrogen-bond donors (Lipinski definition) is 0. The van der Waals surface area contributed by atoms with Crippen molar-refractivity contribution >= 4 is 21.8 Å². The molecule has 0 aliphatic rings. The average Bonchev–Trinajstić information content (AvgIpc) is 2.97. The van der Waals surface area contributed by atoms with E-state index in [9.17, 15) is 18.0 Å². The monoisotopic (exact) mass is 434 g/mol. The number of carbonyl (C=O) groups excluding carboxylic acids is 2. The number of aromatic nitrogens is 1. The van der Waals surface area contributed by atoms with Gasteiger partial charge in [-0.15, -0.1) is 0 Å². The summed E-state index contributed by atoms with van der Waals surface area (Å²) in [5, 5.41) is 0. The zero-order valence-electron chi connectivity index (χ0n) is 18.4. The minimum absolute atomic E-state index is 0.0121. The second-order valence-electron chi connectivity index (χ2n) is 7.93. The lowest BCUT2D eigenvalue weighted by Gasteiger charge is -2.12. The van der Waals surface area contributed by atoms with E-state index in [1.807, 2.05) is 19.9 Å². The van der Waals surface area contributed by atoms with Crippen molar-refractivity contribution in [3.05, 3.63) is 52.8 Å². The predicted molar refractivity (Wildman–Crippen MR) is 115 cm³/mol. The number of ether oxygens (including phenoxy) is 1. The summed E-state index contributed by atoms with van der Waals surface area (Å²) in [6, 6.07) is 7.40.